The molecule has 0 bridgehead atoms. The topological polar surface area (TPSA) is 85.3 Å². The van der Waals surface area contributed by atoms with Crippen LogP contribution < -0.4 is 10.5 Å². The van der Waals surface area contributed by atoms with Crippen LogP contribution in [-0.4, -0.2) is 24.2 Å². The molecule has 0 spiro atoms. The Labute approximate surface area is 112 Å². The molecule has 1 aromatic carbocycles. The number of hydrogen-bond donors (Lipinski definition) is 1. The second kappa shape index (κ2) is 6.21. The lowest BCUT2D eigenvalue weighted by Crippen LogP contribution is -2.41. The largest absolute Gasteiger partial charge is 0.491 e. The van der Waals surface area contributed by atoms with Crippen molar-refractivity contribution in [2.24, 2.45) is 5.73 Å². The van der Waals surface area contributed by atoms with Gasteiger partial charge >= 0.3 is 5.97 Å². The van der Waals surface area contributed by atoms with E-state index in [1.165, 1.54) is 0 Å². The monoisotopic (exact) mass is 262 g/mol. The summed E-state index contributed by atoms with van der Waals surface area (Å²) in [6.07, 6.45) is 0. The Morgan fingerprint density at radius 1 is 1.37 bits per heavy atom. The Balaban J connectivity index is 2.47. The molecule has 1 atom stereocenters. The zero-order valence-electron chi connectivity index (χ0n) is 11.3. The minimum atomic E-state index is -0.838. The van der Waals surface area contributed by atoms with Crippen LogP contribution in [-0.2, 0) is 9.53 Å². The van der Waals surface area contributed by atoms with Crippen LogP contribution in [0.2, 0.25) is 0 Å². The first-order chi connectivity index (χ1) is 8.81. The van der Waals surface area contributed by atoms with E-state index in [-0.39, 0.29) is 6.61 Å². The maximum absolute atomic E-state index is 11.6. The number of carbonyl (C=O) groups is 1. The zero-order valence-corrected chi connectivity index (χ0v) is 11.3. The van der Waals surface area contributed by atoms with E-state index in [0.717, 1.165) is 0 Å². The van der Waals surface area contributed by atoms with Gasteiger partial charge in [0.15, 0.2) is 0 Å². The highest BCUT2D eigenvalue weighted by Gasteiger charge is 2.22. The third-order valence-corrected chi connectivity index (χ3v) is 2.12. The van der Waals surface area contributed by atoms with Gasteiger partial charge < -0.3 is 15.2 Å². The van der Waals surface area contributed by atoms with Crippen LogP contribution in [0.25, 0.3) is 0 Å². The first-order valence-electron chi connectivity index (χ1n) is 5.93. The number of ether oxygens (including phenoxy) is 2. The number of benzene rings is 1. The number of carbonyl (C=O) groups excluding carboxylic acids is 1. The van der Waals surface area contributed by atoms with Gasteiger partial charge in [-0.3, -0.25) is 4.79 Å². The van der Waals surface area contributed by atoms with Gasteiger partial charge in [0.2, 0.25) is 0 Å². The smallest absolute Gasteiger partial charge is 0.326 e. The summed E-state index contributed by atoms with van der Waals surface area (Å²) in [6, 6.07) is 7.74. The van der Waals surface area contributed by atoms with Crippen molar-refractivity contribution in [1.29, 1.82) is 5.26 Å². The normalized spacial score (nSPS) is 12.4. The SMILES string of the molecule is CC(C)(C)OC(=O)[C@H](N)COc1ccc(C#N)cc1. The molecule has 2 N–H and O–H groups in total. The number of nitrogens with zero attached hydrogens (tertiary/aromatic N) is 1. The summed E-state index contributed by atoms with van der Waals surface area (Å²) in [5.41, 5.74) is 5.66. The molecule has 0 radical (unpaired) electrons. The number of nitriles is 1. The first kappa shape index (κ1) is 15.0. The van der Waals surface area contributed by atoms with Gasteiger partial charge in [0.05, 0.1) is 11.6 Å². The van der Waals surface area contributed by atoms with E-state index in [9.17, 15) is 4.79 Å². The molecule has 0 aliphatic carbocycles. The highest BCUT2D eigenvalue weighted by Crippen LogP contribution is 2.12. The molecule has 0 aliphatic rings. The Morgan fingerprint density at radius 3 is 2.42 bits per heavy atom. The first-order valence-corrected chi connectivity index (χ1v) is 5.93. The van der Waals surface area contributed by atoms with Crippen molar-refractivity contribution in [3.63, 3.8) is 0 Å². The molecule has 19 heavy (non-hydrogen) atoms. The quantitative estimate of drug-likeness (QED) is 0.833. The van der Waals surface area contributed by atoms with Crippen LogP contribution in [0.5, 0.6) is 5.75 Å². The second-order valence-corrected chi connectivity index (χ2v) is 5.09. The van der Waals surface area contributed by atoms with E-state index in [0.29, 0.717) is 11.3 Å². The van der Waals surface area contributed by atoms with Crippen molar-refractivity contribution in [3.05, 3.63) is 29.8 Å². The fraction of sp³-hybridized carbons (Fsp3) is 0.429. The number of esters is 1. The molecule has 0 fully saturated rings. The molecule has 5 nitrogen and oxygen atoms in total. The van der Waals surface area contributed by atoms with E-state index < -0.39 is 17.6 Å². The lowest BCUT2D eigenvalue weighted by molar-refractivity contribution is -0.157. The van der Waals surface area contributed by atoms with Gasteiger partial charge in [-0.1, -0.05) is 0 Å². The van der Waals surface area contributed by atoms with Crippen LogP contribution in [0.4, 0.5) is 0 Å². The van der Waals surface area contributed by atoms with Crippen LogP contribution in [0, 0.1) is 11.3 Å². The molecule has 0 aliphatic heterocycles. The summed E-state index contributed by atoms with van der Waals surface area (Å²) in [6.45, 7) is 5.36. The minimum absolute atomic E-state index is 0.0286. The summed E-state index contributed by atoms with van der Waals surface area (Å²) in [5.74, 6) is 0.0548. The number of nitrogens with two attached hydrogens (primary N) is 1. The molecule has 0 saturated heterocycles. The Hall–Kier alpha value is -2.06. The van der Waals surface area contributed by atoms with E-state index in [1.54, 1.807) is 45.0 Å². The van der Waals surface area contributed by atoms with Crippen molar-refractivity contribution < 1.29 is 14.3 Å². The summed E-state index contributed by atoms with van der Waals surface area (Å²) >= 11 is 0. The van der Waals surface area contributed by atoms with E-state index in [2.05, 4.69) is 0 Å². The molecule has 1 aromatic rings. The van der Waals surface area contributed by atoms with Gasteiger partial charge in [-0.15, -0.1) is 0 Å². The third kappa shape index (κ3) is 5.40. The van der Waals surface area contributed by atoms with E-state index in [1.807, 2.05) is 6.07 Å². The molecule has 5 heteroatoms. The molecule has 0 unspecified atom stereocenters. The van der Waals surface area contributed by atoms with Gasteiger partial charge in [-0.05, 0) is 45.0 Å². The summed E-state index contributed by atoms with van der Waals surface area (Å²) < 4.78 is 10.5. The number of rotatable bonds is 4. The highest BCUT2D eigenvalue weighted by molar-refractivity contribution is 5.76. The van der Waals surface area contributed by atoms with Crippen LogP contribution >= 0.6 is 0 Å². The molecular weight excluding hydrogens is 244 g/mol. The Bertz CT molecular complexity index is 469. The van der Waals surface area contributed by atoms with Crippen molar-refractivity contribution in [1.82, 2.24) is 0 Å². The van der Waals surface area contributed by atoms with Crippen LogP contribution in [0.15, 0.2) is 24.3 Å². The summed E-state index contributed by atoms with van der Waals surface area (Å²) in [4.78, 5) is 11.6. The van der Waals surface area contributed by atoms with Gasteiger partial charge in [0, 0.05) is 0 Å². The standard InChI is InChI=1S/C14H18N2O3/c1-14(2,3)19-13(17)12(16)9-18-11-6-4-10(8-15)5-7-11/h4-7,12H,9,16H2,1-3H3/t12-/m1/s1. The maximum Gasteiger partial charge on any atom is 0.326 e. The molecular formula is C14H18N2O3. The van der Waals surface area contributed by atoms with Gasteiger partial charge in [0.25, 0.3) is 0 Å². The Kier molecular flexibility index (Phi) is 4.90. The van der Waals surface area contributed by atoms with Crippen molar-refractivity contribution >= 4 is 5.97 Å². The average molecular weight is 262 g/mol. The lowest BCUT2D eigenvalue weighted by Gasteiger charge is -2.22. The predicted molar refractivity (Wildman–Crippen MR) is 70.5 cm³/mol. The van der Waals surface area contributed by atoms with Crippen molar-refractivity contribution in [2.75, 3.05) is 6.61 Å². The van der Waals surface area contributed by atoms with Gasteiger partial charge in [0.1, 0.15) is 24.0 Å². The predicted octanol–water partition coefficient (Wildman–Crippen LogP) is 1.61. The zero-order chi connectivity index (χ0) is 14.5. The van der Waals surface area contributed by atoms with Crippen LogP contribution in [0.3, 0.4) is 0 Å². The fourth-order valence-corrected chi connectivity index (χ4v) is 1.26. The summed E-state index contributed by atoms with van der Waals surface area (Å²) in [7, 11) is 0. The maximum atomic E-state index is 11.6. The van der Waals surface area contributed by atoms with Gasteiger partial charge in [-0.25, -0.2) is 0 Å². The van der Waals surface area contributed by atoms with E-state index in [4.69, 9.17) is 20.5 Å². The van der Waals surface area contributed by atoms with Gasteiger partial charge in [-0.2, -0.15) is 5.26 Å². The molecule has 0 aromatic heterocycles. The third-order valence-electron chi connectivity index (χ3n) is 2.12. The highest BCUT2D eigenvalue weighted by atomic mass is 16.6. The van der Waals surface area contributed by atoms with Crippen molar-refractivity contribution in [2.45, 2.75) is 32.4 Å². The van der Waals surface area contributed by atoms with Crippen molar-refractivity contribution in [3.8, 4) is 11.8 Å². The lowest BCUT2D eigenvalue weighted by atomic mass is 10.2. The Morgan fingerprint density at radius 2 is 1.95 bits per heavy atom. The molecule has 0 saturated carbocycles. The van der Waals surface area contributed by atoms with E-state index >= 15 is 0 Å². The van der Waals surface area contributed by atoms with Crippen LogP contribution in [0.1, 0.15) is 26.3 Å². The number of hydrogen-bond acceptors (Lipinski definition) is 5. The molecule has 102 valence electrons. The molecule has 0 heterocycles. The second-order valence-electron chi connectivity index (χ2n) is 5.09. The fourth-order valence-electron chi connectivity index (χ4n) is 1.26. The average Bonchev–Trinajstić information content (AvgIpc) is 2.34. The minimum Gasteiger partial charge on any atom is -0.491 e. The summed E-state index contributed by atoms with van der Waals surface area (Å²) in [5, 5.41) is 8.66. The molecule has 1 rings (SSSR count). The molecule has 0 amide bonds.